The summed E-state index contributed by atoms with van der Waals surface area (Å²) in [5.74, 6) is -3.22. The highest BCUT2D eigenvalue weighted by Crippen LogP contribution is 2.42. The van der Waals surface area contributed by atoms with E-state index in [0.717, 1.165) is 18.9 Å². The number of ether oxygens (including phenoxy) is 1. The zero-order valence-corrected chi connectivity index (χ0v) is 20.0. The summed E-state index contributed by atoms with van der Waals surface area (Å²) in [5, 5.41) is 3.16. The molecule has 2 aliphatic rings. The fraction of sp³-hybridized carbons (Fsp3) is 0.682. The van der Waals surface area contributed by atoms with E-state index < -0.39 is 33.6 Å². The summed E-state index contributed by atoms with van der Waals surface area (Å²) in [5.41, 5.74) is 0.0950. The molecular weight excluding hydrogens is 459 g/mol. The zero-order chi connectivity index (χ0) is 24.3. The molecule has 2 fully saturated rings. The number of likely N-dealkylation sites (N-methyl/N-ethyl adjacent to an activating group) is 1. The van der Waals surface area contributed by atoms with E-state index in [9.17, 15) is 26.4 Å². The molecule has 0 saturated carbocycles. The van der Waals surface area contributed by atoms with E-state index in [1.54, 1.807) is 18.3 Å². The van der Waals surface area contributed by atoms with Crippen LogP contribution < -0.4 is 5.32 Å². The molecule has 2 bridgehead atoms. The second kappa shape index (κ2) is 10.6. The van der Waals surface area contributed by atoms with Crippen LogP contribution in [0.4, 0.5) is 18.0 Å². The highest BCUT2D eigenvalue weighted by molar-refractivity contribution is 7.89. The lowest BCUT2D eigenvalue weighted by Crippen LogP contribution is -2.52. The third-order valence-corrected chi connectivity index (χ3v) is 8.69. The zero-order valence-electron chi connectivity index (χ0n) is 19.2. The van der Waals surface area contributed by atoms with Crippen molar-refractivity contribution in [2.45, 2.75) is 57.2 Å². The van der Waals surface area contributed by atoms with Crippen LogP contribution in [0, 0.1) is 23.4 Å². The first-order chi connectivity index (χ1) is 15.6. The summed E-state index contributed by atoms with van der Waals surface area (Å²) in [6, 6.07) is 0.911. The van der Waals surface area contributed by atoms with Gasteiger partial charge in [-0.3, -0.25) is 0 Å². The Hall–Kier alpha value is -1.85. The van der Waals surface area contributed by atoms with Gasteiger partial charge in [0.05, 0.1) is 12.4 Å². The minimum Gasteiger partial charge on any atom is -0.450 e. The van der Waals surface area contributed by atoms with Crippen LogP contribution in [0.25, 0.3) is 0 Å². The van der Waals surface area contributed by atoms with E-state index >= 15 is 0 Å². The Bertz CT molecular complexity index is 948. The van der Waals surface area contributed by atoms with Gasteiger partial charge < -0.3 is 15.0 Å². The molecule has 2 aliphatic heterocycles. The van der Waals surface area contributed by atoms with Crippen molar-refractivity contribution in [2.75, 3.05) is 33.0 Å². The number of sulfonamides is 1. The Morgan fingerprint density at radius 3 is 2.36 bits per heavy atom. The normalized spacial score (nSPS) is 24.0. The topological polar surface area (TPSA) is 79.0 Å². The Labute approximate surface area is 193 Å². The molecule has 0 spiro atoms. The first-order valence-electron chi connectivity index (χ1n) is 11.3. The van der Waals surface area contributed by atoms with Crippen LogP contribution in [0.2, 0.25) is 0 Å². The SMILES string of the molecule is CCOC(=O)N(C)CCS(=O)(=O)N1C2CC[C@@H]1CC(C(Cc1cc(F)c(F)cc1F)NC)C2. The van der Waals surface area contributed by atoms with Crippen molar-refractivity contribution in [1.82, 2.24) is 14.5 Å². The first-order valence-corrected chi connectivity index (χ1v) is 12.9. The lowest BCUT2D eigenvalue weighted by molar-refractivity contribution is 0.118. The molecule has 1 N–H and O–H groups in total. The van der Waals surface area contributed by atoms with Crippen LogP contribution >= 0.6 is 0 Å². The highest BCUT2D eigenvalue weighted by Gasteiger charge is 2.47. The second-order valence-corrected chi connectivity index (χ2v) is 10.8. The van der Waals surface area contributed by atoms with Gasteiger partial charge in [-0.2, -0.15) is 4.31 Å². The van der Waals surface area contributed by atoms with E-state index in [4.69, 9.17) is 4.74 Å². The standard InChI is InChI=1S/C22H32F3N3O4S/c1-4-32-22(29)27(3)7-8-33(30,31)28-16-5-6-17(28)10-15(9-16)21(26-2)12-14-11-19(24)20(25)13-18(14)23/h11,13,15-17,21,26H,4-10,12H2,1-3H3/t15?,16-,17?,21?/m1/s1. The predicted molar refractivity (Wildman–Crippen MR) is 118 cm³/mol. The number of hydrogen-bond donors (Lipinski definition) is 1. The van der Waals surface area contributed by atoms with E-state index in [0.29, 0.717) is 18.9 Å². The molecule has 3 unspecified atom stereocenters. The monoisotopic (exact) mass is 491 g/mol. The van der Waals surface area contributed by atoms with Gasteiger partial charge in [-0.1, -0.05) is 0 Å². The average Bonchev–Trinajstić information content (AvgIpc) is 3.05. The van der Waals surface area contributed by atoms with Crippen molar-refractivity contribution < 1.29 is 31.1 Å². The van der Waals surface area contributed by atoms with E-state index in [1.165, 1.54) is 11.9 Å². The summed E-state index contributed by atoms with van der Waals surface area (Å²) in [6.07, 6.45) is 2.30. The van der Waals surface area contributed by atoms with Gasteiger partial charge in [-0.25, -0.2) is 26.4 Å². The molecule has 186 valence electrons. The molecule has 1 amide bonds. The smallest absolute Gasteiger partial charge is 0.409 e. The van der Waals surface area contributed by atoms with E-state index in [2.05, 4.69) is 5.32 Å². The van der Waals surface area contributed by atoms with Gasteiger partial charge in [0.25, 0.3) is 0 Å². The summed E-state index contributed by atoms with van der Waals surface area (Å²) in [4.78, 5) is 13.0. The number of hydrogen-bond acceptors (Lipinski definition) is 5. The van der Waals surface area contributed by atoms with Gasteiger partial charge in [-0.05, 0) is 63.6 Å². The van der Waals surface area contributed by atoms with Crippen molar-refractivity contribution in [2.24, 2.45) is 5.92 Å². The number of nitrogens with one attached hydrogen (secondary N) is 1. The van der Waals surface area contributed by atoms with Crippen molar-refractivity contribution >= 4 is 16.1 Å². The van der Waals surface area contributed by atoms with Gasteiger partial charge in [0.15, 0.2) is 11.6 Å². The largest absolute Gasteiger partial charge is 0.450 e. The molecule has 33 heavy (non-hydrogen) atoms. The van der Waals surface area contributed by atoms with Crippen LogP contribution in [0.15, 0.2) is 12.1 Å². The van der Waals surface area contributed by atoms with Crippen molar-refractivity contribution in [3.05, 3.63) is 35.1 Å². The number of halogens is 3. The maximum absolute atomic E-state index is 14.2. The number of fused-ring (bicyclic) bond motifs is 2. The number of rotatable bonds is 9. The van der Waals surface area contributed by atoms with Crippen molar-refractivity contribution in [1.29, 1.82) is 0 Å². The lowest BCUT2D eigenvalue weighted by atomic mass is 9.83. The highest BCUT2D eigenvalue weighted by atomic mass is 32.2. The van der Waals surface area contributed by atoms with Gasteiger partial charge in [0.1, 0.15) is 5.82 Å². The predicted octanol–water partition coefficient (Wildman–Crippen LogP) is 2.90. The first kappa shape index (κ1) is 25.8. The maximum atomic E-state index is 14.2. The third-order valence-electron chi connectivity index (χ3n) is 6.76. The van der Waals surface area contributed by atoms with Crippen LogP contribution in [-0.2, 0) is 21.2 Å². The Balaban J connectivity index is 1.66. The number of benzene rings is 1. The van der Waals surface area contributed by atoms with E-state index in [-0.39, 0.29) is 54.9 Å². The Morgan fingerprint density at radius 1 is 1.18 bits per heavy atom. The summed E-state index contributed by atoms with van der Waals surface area (Å²) >= 11 is 0. The fourth-order valence-corrected chi connectivity index (χ4v) is 7.11. The molecule has 4 atom stereocenters. The summed E-state index contributed by atoms with van der Waals surface area (Å²) in [6.45, 7) is 1.94. The van der Waals surface area contributed by atoms with Crippen LogP contribution in [-0.4, -0.2) is 74.8 Å². The minimum atomic E-state index is -3.58. The number of amides is 1. The van der Waals surface area contributed by atoms with E-state index in [1.807, 2.05) is 0 Å². The second-order valence-electron chi connectivity index (χ2n) is 8.84. The number of piperidine rings is 1. The average molecular weight is 492 g/mol. The lowest BCUT2D eigenvalue weighted by Gasteiger charge is -2.41. The molecule has 1 aromatic carbocycles. The number of nitrogens with zero attached hydrogens (tertiary/aromatic N) is 2. The summed E-state index contributed by atoms with van der Waals surface area (Å²) < 4.78 is 73.7. The number of carbonyl (C=O) groups excluding carboxylic acids is 1. The molecule has 1 aromatic rings. The van der Waals surface area contributed by atoms with Crippen LogP contribution in [0.5, 0.6) is 0 Å². The van der Waals surface area contributed by atoms with Gasteiger partial charge in [-0.15, -0.1) is 0 Å². The molecule has 7 nitrogen and oxygen atoms in total. The molecule has 3 rings (SSSR count). The fourth-order valence-electron chi connectivity index (χ4n) is 5.10. The quantitative estimate of drug-likeness (QED) is 0.538. The van der Waals surface area contributed by atoms with Crippen molar-refractivity contribution in [3.8, 4) is 0 Å². The van der Waals surface area contributed by atoms with Gasteiger partial charge >= 0.3 is 6.09 Å². The van der Waals surface area contributed by atoms with Crippen LogP contribution in [0.1, 0.15) is 38.2 Å². The van der Waals surface area contributed by atoms with Gasteiger partial charge in [0.2, 0.25) is 10.0 Å². The molecule has 0 radical (unpaired) electrons. The maximum Gasteiger partial charge on any atom is 0.409 e. The molecule has 11 heteroatoms. The molecule has 0 aromatic heterocycles. The van der Waals surface area contributed by atoms with Crippen molar-refractivity contribution in [3.63, 3.8) is 0 Å². The minimum absolute atomic E-state index is 0.0368. The molecular formula is C22H32F3N3O4S. The number of carbonyl (C=O) groups is 1. The van der Waals surface area contributed by atoms with Crippen LogP contribution in [0.3, 0.4) is 0 Å². The van der Waals surface area contributed by atoms with Gasteiger partial charge in [0, 0.05) is 37.8 Å². The third kappa shape index (κ3) is 5.81. The molecule has 0 aliphatic carbocycles. The Morgan fingerprint density at radius 2 is 1.79 bits per heavy atom. The summed E-state index contributed by atoms with van der Waals surface area (Å²) in [7, 11) is -0.344. The molecule has 2 heterocycles. The molecule has 2 saturated heterocycles. The Kier molecular flexibility index (Phi) is 8.28.